The maximum absolute atomic E-state index is 13.2. The van der Waals surface area contributed by atoms with Crippen molar-refractivity contribution in [2.45, 2.75) is 25.7 Å². The van der Waals surface area contributed by atoms with Crippen LogP contribution in [0, 0.1) is 11.6 Å². The molecule has 31 heavy (non-hydrogen) atoms. The van der Waals surface area contributed by atoms with Crippen LogP contribution in [0.3, 0.4) is 0 Å². The first-order valence-corrected chi connectivity index (χ1v) is 10.1. The van der Waals surface area contributed by atoms with Crippen LogP contribution in [0.1, 0.15) is 36.0 Å². The molecule has 1 aliphatic rings. The van der Waals surface area contributed by atoms with Crippen LogP contribution < -0.4 is 16.0 Å². The van der Waals surface area contributed by atoms with Crippen molar-refractivity contribution >= 4 is 29.2 Å². The summed E-state index contributed by atoms with van der Waals surface area (Å²) in [5.74, 6) is -3.03. The number of urea groups is 1. The Balaban J connectivity index is 1.47. The molecule has 9 heteroatoms. The van der Waals surface area contributed by atoms with Crippen LogP contribution in [0.15, 0.2) is 42.5 Å². The van der Waals surface area contributed by atoms with E-state index < -0.39 is 23.4 Å². The normalized spacial score (nSPS) is 13.8. The van der Waals surface area contributed by atoms with Gasteiger partial charge in [-0.2, -0.15) is 0 Å². The Morgan fingerprint density at radius 1 is 0.806 bits per heavy atom. The second-order valence-electron chi connectivity index (χ2n) is 7.30. The third-order valence-corrected chi connectivity index (χ3v) is 4.85. The zero-order valence-electron chi connectivity index (χ0n) is 16.9. The molecule has 0 unspecified atom stereocenters. The molecule has 0 spiro atoms. The summed E-state index contributed by atoms with van der Waals surface area (Å²) >= 11 is 0. The Bertz CT molecular complexity index is 922. The van der Waals surface area contributed by atoms with Gasteiger partial charge in [-0.1, -0.05) is 12.8 Å². The molecule has 0 radical (unpaired) electrons. The first-order chi connectivity index (χ1) is 14.9. The van der Waals surface area contributed by atoms with Gasteiger partial charge in [-0.05, 0) is 49.2 Å². The van der Waals surface area contributed by atoms with Crippen molar-refractivity contribution in [3.63, 3.8) is 0 Å². The molecule has 2 aromatic rings. The van der Waals surface area contributed by atoms with Crippen LogP contribution in [-0.2, 0) is 4.79 Å². The number of nitrogens with zero attached hydrogens (tertiary/aromatic N) is 1. The zero-order valence-corrected chi connectivity index (χ0v) is 16.9. The van der Waals surface area contributed by atoms with Crippen LogP contribution in [0.25, 0.3) is 0 Å². The number of halogens is 2. The lowest BCUT2D eigenvalue weighted by Gasteiger charge is -2.20. The predicted molar refractivity (Wildman–Crippen MR) is 113 cm³/mol. The summed E-state index contributed by atoms with van der Waals surface area (Å²) in [4.78, 5) is 38.1. The summed E-state index contributed by atoms with van der Waals surface area (Å²) < 4.78 is 26.4. The van der Waals surface area contributed by atoms with Crippen molar-refractivity contribution in [3.8, 4) is 0 Å². The molecule has 1 saturated heterocycles. The van der Waals surface area contributed by atoms with E-state index in [1.54, 1.807) is 29.2 Å². The number of benzene rings is 2. The minimum Gasteiger partial charge on any atom is -0.343 e. The average Bonchev–Trinajstić information content (AvgIpc) is 3.02. The van der Waals surface area contributed by atoms with Crippen molar-refractivity contribution < 1.29 is 23.2 Å². The lowest BCUT2D eigenvalue weighted by Crippen LogP contribution is -2.35. The van der Waals surface area contributed by atoms with Gasteiger partial charge in [-0.25, -0.2) is 13.6 Å². The molecule has 3 N–H and O–H groups in total. The van der Waals surface area contributed by atoms with Crippen molar-refractivity contribution in [2.24, 2.45) is 0 Å². The molecule has 0 atom stereocenters. The van der Waals surface area contributed by atoms with Crippen LogP contribution in [0.2, 0.25) is 0 Å². The second-order valence-corrected chi connectivity index (χ2v) is 7.30. The molecule has 7 nitrogen and oxygen atoms in total. The van der Waals surface area contributed by atoms with Gasteiger partial charge in [-0.3, -0.25) is 9.59 Å². The average molecular weight is 430 g/mol. The first kappa shape index (κ1) is 22.2. The molecule has 2 aromatic carbocycles. The van der Waals surface area contributed by atoms with Gasteiger partial charge >= 0.3 is 6.03 Å². The predicted octanol–water partition coefficient (Wildman–Crippen LogP) is 3.74. The first-order valence-electron chi connectivity index (χ1n) is 10.1. The topological polar surface area (TPSA) is 90.5 Å². The molecule has 1 fully saturated rings. The Labute approximate surface area is 178 Å². The lowest BCUT2D eigenvalue weighted by atomic mass is 10.2. The highest BCUT2D eigenvalue weighted by Crippen LogP contribution is 2.16. The number of hydrogen-bond donors (Lipinski definition) is 3. The Kier molecular flexibility index (Phi) is 7.53. The van der Waals surface area contributed by atoms with Crippen LogP contribution >= 0.6 is 0 Å². The molecule has 0 aliphatic carbocycles. The number of carbonyl (C=O) groups excluding carboxylic acids is 3. The zero-order chi connectivity index (χ0) is 22.2. The monoisotopic (exact) mass is 430 g/mol. The fourth-order valence-electron chi connectivity index (χ4n) is 3.27. The van der Waals surface area contributed by atoms with E-state index in [0.29, 0.717) is 17.4 Å². The Hall–Kier alpha value is -3.49. The van der Waals surface area contributed by atoms with Gasteiger partial charge in [0.05, 0.1) is 6.54 Å². The minimum absolute atomic E-state index is 0.143. The molecule has 1 aliphatic heterocycles. The molecule has 0 saturated carbocycles. The van der Waals surface area contributed by atoms with Crippen molar-refractivity contribution in [1.82, 2.24) is 10.2 Å². The standard InChI is InChI=1S/C22H24F2N4O3/c23-16-11-15(12-17(24)13-16)21(30)25-14-20(29)26-18-5-7-19(8-6-18)27-22(31)28-9-3-1-2-4-10-28/h5-8,11-13H,1-4,9-10,14H2,(H,25,30)(H,26,29)(H,27,31). The van der Waals surface area contributed by atoms with E-state index in [1.807, 2.05) is 0 Å². The fraction of sp³-hybridized carbons (Fsp3) is 0.318. The Morgan fingerprint density at radius 2 is 1.35 bits per heavy atom. The van der Waals surface area contributed by atoms with Crippen molar-refractivity contribution in [2.75, 3.05) is 30.3 Å². The highest BCUT2D eigenvalue weighted by Gasteiger charge is 2.15. The summed E-state index contributed by atoms with van der Waals surface area (Å²) in [6, 6.07) is 8.86. The molecule has 4 amide bonds. The van der Waals surface area contributed by atoms with Crippen molar-refractivity contribution in [3.05, 3.63) is 59.7 Å². The van der Waals surface area contributed by atoms with Crippen LogP contribution in [0.4, 0.5) is 25.0 Å². The number of anilines is 2. The lowest BCUT2D eigenvalue weighted by molar-refractivity contribution is -0.115. The number of carbonyl (C=O) groups is 3. The highest BCUT2D eigenvalue weighted by molar-refractivity contribution is 5.99. The molecule has 0 bridgehead atoms. The number of nitrogens with one attached hydrogen (secondary N) is 3. The van der Waals surface area contributed by atoms with Crippen LogP contribution in [0.5, 0.6) is 0 Å². The summed E-state index contributed by atoms with van der Waals surface area (Å²) in [6.07, 6.45) is 4.28. The number of rotatable bonds is 5. The van der Waals surface area contributed by atoms with Crippen LogP contribution in [-0.4, -0.2) is 42.4 Å². The van der Waals surface area contributed by atoms with E-state index in [4.69, 9.17) is 0 Å². The van der Waals surface area contributed by atoms with Gasteiger partial charge in [0.1, 0.15) is 11.6 Å². The fourth-order valence-corrected chi connectivity index (χ4v) is 3.27. The maximum atomic E-state index is 13.2. The molecular weight excluding hydrogens is 406 g/mol. The molecule has 164 valence electrons. The SMILES string of the molecule is O=C(CNC(=O)c1cc(F)cc(F)c1)Nc1ccc(NC(=O)N2CCCCCC2)cc1. The Morgan fingerprint density at radius 3 is 1.94 bits per heavy atom. The van der Waals surface area contributed by atoms with Gasteiger partial charge in [-0.15, -0.1) is 0 Å². The largest absolute Gasteiger partial charge is 0.343 e. The van der Waals surface area contributed by atoms with Crippen molar-refractivity contribution in [1.29, 1.82) is 0 Å². The molecule has 3 rings (SSSR count). The summed E-state index contributed by atoms with van der Waals surface area (Å²) in [7, 11) is 0. The molecule has 0 aromatic heterocycles. The van der Waals surface area contributed by atoms with Gasteiger partial charge in [0.25, 0.3) is 5.91 Å². The van der Waals surface area contributed by atoms with E-state index in [9.17, 15) is 23.2 Å². The quantitative estimate of drug-likeness (QED) is 0.675. The van der Waals surface area contributed by atoms with Gasteiger partial charge < -0.3 is 20.9 Å². The molecule has 1 heterocycles. The summed E-state index contributed by atoms with van der Waals surface area (Å²) in [6.45, 7) is 1.12. The van der Waals surface area contributed by atoms with E-state index >= 15 is 0 Å². The van der Waals surface area contributed by atoms with E-state index in [0.717, 1.165) is 50.9 Å². The second kappa shape index (κ2) is 10.5. The number of hydrogen-bond acceptors (Lipinski definition) is 3. The summed E-state index contributed by atoms with van der Waals surface area (Å²) in [5, 5.41) is 7.75. The van der Waals surface area contributed by atoms with E-state index in [2.05, 4.69) is 16.0 Å². The molecular formula is C22H24F2N4O3. The van der Waals surface area contributed by atoms with E-state index in [1.165, 1.54) is 0 Å². The third kappa shape index (κ3) is 6.77. The highest BCUT2D eigenvalue weighted by atomic mass is 19.1. The van der Waals surface area contributed by atoms with E-state index in [-0.39, 0.29) is 18.1 Å². The maximum Gasteiger partial charge on any atom is 0.321 e. The third-order valence-electron chi connectivity index (χ3n) is 4.85. The van der Waals surface area contributed by atoms with Gasteiger partial charge in [0.15, 0.2) is 0 Å². The summed E-state index contributed by atoms with van der Waals surface area (Å²) in [5.41, 5.74) is 0.868. The van der Waals surface area contributed by atoms with Gasteiger partial charge in [0.2, 0.25) is 5.91 Å². The number of amides is 4. The smallest absolute Gasteiger partial charge is 0.321 e. The van der Waals surface area contributed by atoms with Gasteiger partial charge in [0, 0.05) is 36.1 Å². The number of likely N-dealkylation sites (tertiary alicyclic amines) is 1. The minimum atomic E-state index is -0.877.